The van der Waals surface area contributed by atoms with Crippen LogP contribution in [-0.4, -0.2) is 53.8 Å². The van der Waals surface area contributed by atoms with Gasteiger partial charge in [0.15, 0.2) is 0 Å². The van der Waals surface area contributed by atoms with Crippen LogP contribution in [0.3, 0.4) is 0 Å². The second-order valence-electron chi connectivity index (χ2n) is 6.75. The lowest BCUT2D eigenvalue weighted by atomic mass is 10.1. The molecule has 2 aromatic rings. The fourth-order valence-electron chi connectivity index (χ4n) is 3.20. The largest absolute Gasteiger partial charge is 0.334 e. The average Bonchev–Trinajstić information content (AvgIpc) is 3.00. The van der Waals surface area contributed by atoms with Crippen molar-refractivity contribution < 1.29 is 9.69 Å². The number of carbonyl (C=O) groups excluding carboxylic acids is 1. The molecule has 1 aliphatic heterocycles. The van der Waals surface area contributed by atoms with Crippen LogP contribution in [0.25, 0.3) is 5.69 Å². The molecule has 3 rings (SSSR count). The van der Waals surface area contributed by atoms with Gasteiger partial charge in [-0.05, 0) is 25.5 Å². The normalized spacial score (nSPS) is 15.7. The molecular formula is C19H27N4O+. The molecule has 1 amide bonds. The van der Waals surface area contributed by atoms with Crippen LogP contribution in [0, 0.1) is 6.92 Å². The molecule has 0 atom stereocenters. The Bertz CT molecular complexity index is 697. The van der Waals surface area contributed by atoms with E-state index < -0.39 is 0 Å². The number of rotatable bonds is 4. The van der Waals surface area contributed by atoms with Crippen LogP contribution in [0.2, 0.25) is 0 Å². The van der Waals surface area contributed by atoms with Gasteiger partial charge in [0.2, 0.25) is 0 Å². The first kappa shape index (κ1) is 16.7. The van der Waals surface area contributed by atoms with Gasteiger partial charge in [-0.2, -0.15) is 5.10 Å². The molecule has 128 valence electrons. The van der Waals surface area contributed by atoms with Gasteiger partial charge in [0.25, 0.3) is 5.91 Å². The van der Waals surface area contributed by atoms with E-state index in [4.69, 9.17) is 0 Å². The van der Waals surface area contributed by atoms with Crippen molar-refractivity contribution in [3.63, 3.8) is 0 Å². The summed E-state index contributed by atoms with van der Waals surface area (Å²) in [5.74, 6) is 0.129. The maximum atomic E-state index is 13.0. The summed E-state index contributed by atoms with van der Waals surface area (Å²) in [5, 5.41) is 4.53. The van der Waals surface area contributed by atoms with Gasteiger partial charge in [0.05, 0.1) is 56.4 Å². The summed E-state index contributed by atoms with van der Waals surface area (Å²) in [4.78, 5) is 16.4. The Balaban J connectivity index is 1.91. The van der Waals surface area contributed by atoms with Gasteiger partial charge in [0, 0.05) is 0 Å². The molecule has 0 aliphatic carbocycles. The number of likely N-dealkylation sites (N-methyl/N-ethyl adjacent to an activating group) is 1. The molecule has 1 aliphatic rings. The Kier molecular flexibility index (Phi) is 5.00. The summed E-state index contributed by atoms with van der Waals surface area (Å²) in [5.41, 5.74) is 4.03. The molecule has 0 unspecified atom stereocenters. The zero-order valence-corrected chi connectivity index (χ0v) is 14.9. The first-order chi connectivity index (χ1) is 11.6. The Morgan fingerprint density at radius 1 is 1.21 bits per heavy atom. The van der Waals surface area contributed by atoms with E-state index in [1.54, 1.807) is 6.20 Å². The number of nitrogens with zero attached hydrogens (tertiary/aromatic N) is 3. The zero-order chi connectivity index (χ0) is 17.1. The topological polar surface area (TPSA) is 42.6 Å². The van der Waals surface area contributed by atoms with Crippen molar-refractivity contribution in [3.05, 3.63) is 47.3 Å². The molecule has 0 radical (unpaired) electrons. The van der Waals surface area contributed by atoms with Gasteiger partial charge in [-0.1, -0.05) is 31.0 Å². The number of piperazine rings is 1. The first-order valence-corrected chi connectivity index (χ1v) is 8.84. The quantitative estimate of drug-likeness (QED) is 0.914. The zero-order valence-electron chi connectivity index (χ0n) is 14.9. The number of aryl methyl sites for hydroxylation is 1. The first-order valence-electron chi connectivity index (χ1n) is 8.84. The van der Waals surface area contributed by atoms with E-state index in [-0.39, 0.29) is 5.91 Å². The van der Waals surface area contributed by atoms with Crippen molar-refractivity contribution in [2.45, 2.75) is 26.7 Å². The molecule has 1 saturated heterocycles. The smallest absolute Gasteiger partial charge is 0.257 e. The molecule has 1 aromatic carbocycles. The second kappa shape index (κ2) is 7.18. The van der Waals surface area contributed by atoms with E-state index >= 15 is 0 Å². The number of hydrogen-bond donors (Lipinski definition) is 1. The fourth-order valence-corrected chi connectivity index (χ4v) is 3.20. The minimum Gasteiger partial charge on any atom is -0.334 e. The summed E-state index contributed by atoms with van der Waals surface area (Å²) in [6.45, 7) is 7.89. The monoisotopic (exact) mass is 327 g/mol. The highest BCUT2D eigenvalue weighted by Crippen LogP contribution is 2.19. The molecule has 5 nitrogen and oxygen atoms in total. The van der Waals surface area contributed by atoms with Gasteiger partial charge >= 0.3 is 0 Å². The predicted molar refractivity (Wildman–Crippen MR) is 94.8 cm³/mol. The molecule has 0 bridgehead atoms. The highest BCUT2D eigenvalue weighted by Gasteiger charge is 2.26. The van der Waals surface area contributed by atoms with Gasteiger partial charge in [-0.3, -0.25) is 4.79 Å². The number of benzene rings is 1. The van der Waals surface area contributed by atoms with E-state index in [1.165, 1.54) is 10.5 Å². The molecule has 1 fully saturated rings. The highest BCUT2D eigenvalue weighted by molar-refractivity contribution is 5.95. The number of hydrogen-bond acceptors (Lipinski definition) is 2. The van der Waals surface area contributed by atoms with E-state index in [0.717, 1.165) is 56.0 Å². The maximum Gasteiger partial charge on any atom is 0.257 e. The molecule has 5 heteroatoms. The summed E-state index contributed by atoms with van der Waals surface area (Å²) < 4.78 is 1.93. The minimum atomic E-state index is 0.129. The van der Waals surface area contributed by atoms with E-state index in [1.807, 2.05) is 9.58 Å². The lowest BCUT2D eigenvalue weighted by molar-refractivity contribution is -0.883. The summed E-state index contributed by atoms with van der Waals surface area (Å²) >= 11 is 0. The third kappa shape index (κ3) is 3.36. The number of aromatic nitrogens is 2. The van der Waals surface area contributed by atoms with Crippen LogP contribution in [0.4, 0.5) is 0 Å². The summed E-state index contributed by atoms with van der Waals surface area (Å²) in [7, 11) is 2.18. The Morgan fingerprint density at radius 3 is 2.50 bits per heavy atom. The third-order valence-electron chi connectivity index (χ3n) is 4.77. The van der Waals surface area contributed by atoms with Crippen LogP contribution in [0.15, 0.2) is 30.5 Å². The standard InChI is InChI=1S/C19H26N4O/c1-4-5-18-17(19(24)22-12-10-21(3)11-13-22)14-20-23(18)16-8-6-15(2)7-9-16/h6-9,14H,4-5,10-13H2,1-3H3/p+1. The lowest BCUT2D eigenvalue weighted by Gasteiger charge is -2.30. The number of quaternary nitrogens is 1. The van der Waals surface area contributed by atoms with Gasteiger partial charge < -0.3 is 9.80 Å². The average molecular weight is 327 g/mol. The SMILES string of the molecule is CCCc1c(C(=O)N2CC[NH+](C)CC2)cnn1-c1ccc(C)cc1. The molecular weight excluding hydrogens is 300 g/mol. The van der Waals surface area contributed by atoms with E-state index in [9.17, 15) is 4.79 Å². The molecule has 0 saturated carbocycles. The molecule has 0 spiro atoms. The van der Waals surface area contributed by atoms with Crippen LogP contribution in [0.5, 0.6) is 0 Å². The number of nitrogens with one attached hydrogen (secondary N) is 1. The summed E-state index contributed by atoms with van der Waals surface area (Å²) in [6, 6.07) is 8.29. The van der Waals surface area contributed by atoms with Crippen molar-refractivity contribution >= 4 is 5.91 Å². The van der Waals surface area contributed by atoms with Gasteiger partial charge in [0.1, 0.15) is 0 Å². The van der Waals surface area contributed by atoms with Gasteiger partial charge in [-0.15, -0.1) is 0 Å². The third-order valence-corrected chi connectivity index (χ3v) is 4.77. The fraction of sp³-hybridized carbons (Fsp3) is 0.474. The minimum absolute atomic E-state index is 0.129. The lowest BCUT2D eigenvalue weighted by Crippen LogP contribution is -3.12. The Hall–Kier alpha value is -2.14. The molecule has 24 heavy (non-hydrogen) atoms. The van der Waals surface area contributed by atoms with E-state index in [0.29, 0.717) is 0 Å². The maximum absolute atomic E-state index is 13.0. The highest BCUT2D eigenvalue weighted by atomic mass is 16.2. The number of carbonyl (C=O) groups is 1. The molecule has 1 N–H and O–H groups in total. The van der Waals surface area contributed by atoms with Crippen molar-refractivity contribution in [1.29, 1.82) is 0 Å². The van der Waals surface area contributed by atoms with Gasteiger partial charge in [-0.25, -0.2) is 4.68 Å². The van der Waals surface area contributed by atoms with Crippen LogP contribution < -0.4 is 4.90 Å². The second-order valence-corrected chi connectivity index (χ2v) is 6.75. The Labute approximate surface area is 143 Å². The number of amides is 1. The van der Waals surface area contributed by atoms with Crippen molar-refractivity contribution in [3.8, 4) is 5.69 Å². The van der Waals surface area contributed by atoms with Crippen molar-refractivity contribution in [1.82, 2.24) is 14.7 Å². The molecule has 2 heterocycles. The van der Waals surface area contributed by atoms with Crippen molar-refractivity contribution in [2.75, 3.05) is 33.2 Å². The van der Waals surface area contributed by atoms with E-state index in [2.05, 4.69) is 50.3 Å². The van der Waals surface area contributed by atoms with Crippen LogP contribution >= 0.6 is 0 Å². The van der Waals surface area contributed by atoms with Crippen LogP contribution in [-0.2, 0) is 6.42 Å². The Morgan fingerprint density at radius 2 is 1.88 bits per heavy atom. The molecule has 1 aromatic heterocycles. The van der Waals surface area contributed by atoms with Crippen molar-refractivity contribution in [2.24, 2.45) is 0 Å². The predicted octanol–water partition coefficient (Wildman–Crippen LogP) is 1.10. The summed E-state index contributed by atoms with van der Waals surface area (Å²) in [6.07, 6.45) is 3.59. The van der Waals surface area contributed by atoms with Crippen LogP contribution in [0.1, 0.15) is 35.0 Å².